The molecule has 1 aromatic heterocycles. The smallest absolute Gasteiger partial charge is 0.195 e. The molecule has 1 aliphatic heterocycles. The topological polar surface area (TPSA) is 45.2 Å². The van der Waals surface area contributed by atoms with Crippen LogP contribution in [0.5, 0.6) is 0 Å². The van der Waals surface area contributed by atoms with Gasteiger partial charge in [0.25, 0.3) is 0 Å². The number of piperidine rings is 1. The highest BCUT2D eigenvalue weighted by Gasteiger charge is 2.20. The number of nitrogens with zero attached hydrogens (tertiary/aromatic N) is 2. The van der Waals surface area contributed by atoms with Gasteiger partial charge in [0.15, 0.2) is 5.78 Å². The van der Waals surface area contributed by atoms with E-state index in [9.17, 15) is 4.79 Å². The van der Waals surface area contributed by atoms with Crippen molar-refractivity contribution in [3.05, 3.63) is 30.1 Å². The van der Waals surface area contributed by atoms with Crippen LogP contribution in [-0.2, 0) is 0 Å². The van der Waals surface area contributed by atoms with Gasteiger partial charge in [-0.1, -0.05) is 6.07 Å². The fraction of sp³-hybridized carbons (Fsp3) is 0.538. The summed E-state index contributed by atoms with van der Waals surface area (Å²) in [5, 5.41) is 3.29. The van der Waals surface area contributed by atoms with Crippen LogP contribution in [-0.4, -0.2) is 48.4 Å². The minimum absolute atomic E-state index is 0.119. The first kappa shape index (κ1) is 12.2. The minimum Gasteiger partial charge on any atom is -0.317 e. The molecule has 2 rings (SSSR count). The van der Waals surface area contributed by atoms with Crippen molar-refractivity contribution in [1.82, 2.24) is 15.2 Å². The summed E-state index contributed by atoms with van der Waals surface area (Å²) < 4.78 is 0. The van der Waals surface area contributed by atoms with Crippen molar-refractivity contribution in [2.75, 3.05) is 26.7 Å². The Morgan fingerprint density at radius 1 is 1.47 bits per heavy atom. The van der Waals surface area contributed by atoms with Crippen LogP contribution in [0.2, 0.25) is 0 Å². The van der Waals surface area contributed by atoms with Gasteiger partial charge in [0.2, 0.25) is 0 Å². The van der Waals surface area contributed by atoms with E-state index in [1.54, 1.807) is 12.3 Å². The Bertz CT molecular complexity index is 358. The molecule has 92 valence electrons. The molecule has 1 aromatic rings. The van der Waals surface area contributed by atoms with E-state index in [2.05, 4.69) is 15.2 Å². The molecule has 1 fully saturated rings. The van der Waals surface area contributed by atoms with Crippen LogP contribution in [0.1, 0.15) is 23.3 Å². The van der Waals surface area contributed by atoms with Crippen LogP contribution in [0.25, 0.3) is 0 Å². The average Bonchev–Trinajstić information content (AvgIpc) is 2.40. The van der Waals surface area contributed by atoms with Gasteiger partial charge in [0.1, 0.15) is 5.69 Å². The number of aromatic nitrogens is 1. The number of carbonyl (C=O) groups excluding carboxylic acids is 1. The predicted molar refractivity (Wildman–Crippen MR) is 67.1 cm³/mol. The highest BCUT2D eigenvalue weighted by atomic mass is 16.1. The van der Waals surface area contributed by atoms with Gasteiger partial charge in [-0.3, -0.25) is 14.7 Å². The summed E-state index contributed by atoms with van der Waals surface area (Å²) >= 11 is 0. The summed E-state index contributed by atoms with van der Waals surface area (Å²) in [6.45, 7) is 2.47. The zero-order valence-corrected chi connectivity index (χ0v) is 10.2. The Kier molecular flexibility index (Phi) is 4.23. The number of likely N-dealkylation sites (tertiary alicyclic amines) is 1. The lowest BCUT2D eigenvalue weighted by atomic mass is 10.0. The molecule has 4 nitrogen and oxygen atoms in total. The molecule has 0 aromatic carbocycles. The van der Waals surface area contributed by atoms with Gasteiger partial charge in [-0.15, -0.1) is 0 Å². The van der Waals surface area contributed by atoms with Crippen LogP contribution < -0.4 is 5.32 Å². The van der Waals surface area contributed by atoms with E-state index < -0.39 is 0 Å². The van der Waals surface area contributed by atoms with Gasteiger partial charge in [-0.05, 0) is 32.0 Å². The Labute approximate surface area is 102 Å². The zero-order valence-electron chi connectivity index (χ0n) is 10.2. The maximum atomic E-state index is 11.9. The molecule has 0 atom stereocenters. The molecule has 2 heterocycles. The lowest BCUT2D eigenvalue weighted by Gasteiger charge is -2.31. The Balaban J connectivity index is 1.84. The lowest BCUT2D eigenvalue weighted by molar-refractivity contribution is 0.0901. The van der Waals surface area contributed by atoms with Crippen molar-refractivity contribution in [3.63, 3.8) is 0 Å². The molecule has 17 heavy (non-hydrogen) atoms. The number of rotatable bonds is 4. The molecule has 0 saturated carbocycles. The van der Waals surface area contributed by atoms with Gasteiger partial charge >= 0.3 is 0 Å². The molecule has 0 spiro atoms. The van der Waals surface area contributed by atoms with Gasteiger partial charge < -0.3 is 5.32 Å². The summed E-state index contributed by atoms with van der Waals surface area (Å²) in [5.41, 5.74) is 0.572. The third-order valence-electron chi connectivity index (χ3n) is 3.31. The Hall–Kier alpha value is -1.26. The highest BCUT2D eigenvalue weighted by Crippen LogP contribution is 2.10. The van der Waals surface area contributed by atoms with E-state index in [0.29, 0.717) is 18.3 Å². The van der Waals surface area contributed by atoms with Gasteiger partial charge in [0, 0.05) is 25.3 Å². The Morgan fingerprint density at radius 2 is 2.24 bits per heavy atom. The molecular formula is C13H19N3O. The summed E-state index contributed by atoms with van der Waals surface area (Å²) in [5.74, 6) is 0.119. The molecule has 0 bridgehead atoms. The van der Waals surface area contributed by atoms with E-state index in [1.807, 2.05) is 19.2 Å². The summed E-state index contributed by atoms with van der Waals surface area (Å²) in [6, 6.07) is 6.07. The number of hydrogen-bond acceptors (Lipinski definition) is 4. The zero-order chi connectivity index (χ0) is 12.1. The van der Waals surface area contributed by atoms with E-state index >= 15 is 0 Å². The van der Waals surface area contributed by atoms with Crippen molar-refractivity contribution in [3.8, 4) is 0 Å². The monoisotopic (exact) mass is 233 g/mol. The average molecular weight is 233 g/mol. The molecule has 1 aliphatic rings. The van der Waals surface area contributed by atoms with E-state index in [-0.39, 0.29) is 5.78 Å². The number of carbonyl (C=O) groups is 1. The second-order valence-corrected chi connectivity index (χ2v) is 4.48. The molecule has 0 amide bonds. The molecule has 1 N–H and O–H groups in total. The maximum absolute atomic E-state index is 11.9. The van der Waals surface area contributed by atoms with Crippen LogP contribution in [0.15, 0.2) is 24.4 Å². The van der Waals surface area contributed by atoms with Crippen molar-refractivity contribution in [2.24, 2.45) is 0 Å². The first-order valence-electron chi connectivity index (χ1n) is 6.13. The number of Topliss-reactive ketones (excluding diaryl/α,β-unsaturated/α-hetero) is 1. The van der Waals surface area contributed by atoms with Crippen molar-refractivity contribution < 1.29 is 4.79 Å². The quantitative estimate of drug-likeness (QED) is 0.786. The fourth-order valence-corrected chi connectivity index (χ4v) is 2.19. The van der Waals surface area contributed by atoms with Crippen LogP contribution in [0.4, 0.5) is 0 Å². The van der Waals surface area contributed by atoms with E-state index in [1.165, 1.54) is 0 Å². The highest BCUT2D eigenvalue weighted by molar-refractivity contribution is 5.95. The van der Waals surface area contributed by atoms with E-state index in [0.717, 1.165) is 25.9 Å². The third kappa shape index (κ3) is 3.35. The summed E-state index contributed by atoms with van der Waals surface area (Å²) in [7, 11) is 2.00. The summed E-state index contributed by atoms with van der Waals surface area (Å²) in [6.07, 6.45) is 3.90. The Morgan fingerprint density at radius 3 is 2.82 bits per heavy atom. The first-order chi connectivity index (χ1) is 8.29. The molecular weight excluding hydrogens is 214 g/mol. The summed E-state index contributed by atoms with van der Waals surface area (Å²) in [4.78, 5) is 18.2. The second-order valence-electron chi connectivity index (χ2n) is 4.48. The van der Waals surface area contributed by atoms with Gasteiger partial charge in [0.05, 0.1) is 6.54 Å². The first-order valence-corrected chi connectivity index (χ1v) is 6.13. The normalized spacial score (nSPS) is 18.2. The number of ketones is 1. The maximum Gasteiger partial charge on any atom is 0.195 e. The second kappa shape index (κ2) is 5.89. The molecule has 1 saturated heterocycles. The van der Waals surface area contributed by atoms with Gasteiger partial charge in [-0.2, -0.15) is 0 Å². The SMILES string of the molecule is CNC1CCN(CC(=O)c2ccccn2)CC1. The fourth-order valence-electron chi connectivity index (χ4n) is 2.19. The van der Waals surface area contributed by atoms with Crippen LogP contribution in [0.3, 0.4) is 0 Å². The number of nitrogens with one attached hydrogen (secondary N) is 1. The third-order valence-corrected chi connectivity index (χ3v) is 3.31. The molecule has 4 heteroatoms. The standard InChI is InChI=1S/C13H19N3O/c1-14-11-5-8-16(9-6-11)10-13(17)12-4-2-3-7-15-12/h2-4,7,11,14H,5-6,8-10H2,1H3. The largest absolute Gasteiger partial charge is 0.317 e. The minimum atomic E-state index is 0.119. The van der Waals surface area contributed by atoms with E-state index in [4.69, 9.17) is 0 Å². The van der Waals surface area contributed by atoms with Crippen LogP contribution >= 0.6 is 0 Å². The number of hydrogen-bond donors (Lipinski definition) is 1. The predicted octanol–water partition coefficient (Wildman–Crippen LogP) is 0.948. The van der Waals surface area contributed by atoms with Gasteiger partial charge in [-0.25, -0.2) is 0 Å². The molecule has 0 radical (unpaired) electrons. The van der Waals surface area contributed by atoms with Crippen LogP contribution in [0, 0.1) is 0 Å². The number of pyridine rings is 1. The van der Waals surface area contributed by atoms with Crippen molar-refractivity contribution >= 4 is 5.78 Å². The molecule has 0 aliphatic carbocycles. The van der Waals surface area contributed by atoms with Crippen molar-refractivity contribution in [1.29, 1.82) is 0 Å². The van der Waals surface area contributed by atoms with Crippen molar-refractivity contribution in [2.45, 2.75) is 18.9 Å². The lowest BCUT2D eigenvalue weighted by Crippen LogP contribution is -2.43. The molecule has 0 unspecified atom stereocenters.